The molecule has 30 heavy (non-hydrogen) atoms. The molecule has 0 aliphatic rings. The summed E-state index contributed by atoms with van der Waals surface area (Å²) in [6.07, 6.45) is 1.49. The van der Waals surface area contributed by atoms with Gasteiger partial charge in [-0.25, -0.2) is 9.59 Å². The summed E-state index contributed by atoms with van der Waals surface area (Å²) < 4.78 is 10.5. The van der Waals surface area contributed by atoms with Crippen LogP contribution in [0.3, 0.4) is 0 Å². The van der Waals surface area contributed by atoms with Crippen LogP contribution in [0, 0.1) is 0 Å². The number of hydrogen-bond acceptors (Lipinski definition) is 5. The molecule has 160 valence electrons. The molecule has 2 aromatic carbocycles. The first-order valence-corrected chi connectivity index (χ1v) is 9.83. The first kappa shape index (κ1) is 23.2. The van der Waals surface area contributed by atoms with E-state index < -0.39 is 11.9 Å². The van der Waals surface area contributed by atoms with Gasteiger partial charge < -0.3 is 14.6 Å². The first-order valence-electron chi connectivity index (χ1n) is 9.83. The van der Waals surface area contributed by atoms with Crippen LogP contribution in [0.15, 0.2) is 49.1 Å². The van der Waals surface area contributed by atoms with E-state index >= 15 is 0 Å². The van der Waals surface area contributed by atoms with Gasteiger partial charge in [0, 0.05) is 11.1 Å². The summed E-state index contributed by atoms with van der Waals surface area (Å²) in [7, 11) is 0. The predicted molar refractivity (Wildman–Crippen MR) is 117 cm³/mol. The molecule has 0 aliphatic heterocycles. The quantitative estimate of drug-likeness (QED) is 0.397. The van der Waals surface area contributed by atoms with Gasteiger partial charge in [0.1, 0.15) is 18.1 Å². The summed E-state index contributed by atoms with van der Waals surface area (Å²) in [5.41, 5.74) is 1.37. The van der Waals surface area contributed by atoms with E-state index in [0.29, 0.717) is 28.0 Å². The number of esters is 2. The smallest absolute Gasteiger partial charge is 0.343 e. The maximum Gasteiger partial charge on any atom is 0.343 e. The topological polar surface area (TPSA) is 72.8 Å². The molecule has 5 heteroatoms. The molecule has 0 aromatic heterocycles. The Hall–Kier alpha value is -3.08. The zero-order valence-corrected chi connectivity index (χ0v) is 18.5. The average Bonchev–Trinajstić information content (AvgIpc) is 2.64. The highest BCUT2D eigenvalue weighted by atomic mass is 16.5. The van der Waals surface area contributed by atoms with E-state index in [9.17, 15) is 14.7 Å². The van der Waals surface area contributed by atoms with Crippen LogP contribution in [0.2, 0.25) is 0 Å². The molecule has 0 saturated heterocycles. The van der Waals surface area contributed by atoms with Gasteiger partial charge in [-0.15, -0.1) is 0 Å². The second-order valence-corrected chi connectivity index (χ2v) is 9.22. The molecule has 2 aromatic rings. The molecule has 0 fully saturated rings. The van der Waals surface area contributed by atoms with E-state index in [4.69, 9.17) is 9.47 Å². The minimum absolute atomic E-state index is 0.128. The van der Waals surface area contributed by atoms with Crippen molar-refractivity contribution in [2.75, 3.05) is 6.61 Å². The van der Waals surface area contributed by atoms with Crippen molar-refractivity contribution in [2.45, 2.75) is 52.4 Å². The summed E-state index contributed by atoms with van der Waals surface area (Å²) in [4.78, 5) is 24.7. The summed E-state index contributed by atoms with van der Waals surface area (Å²) >= 11 is 0. The number of aromatic hydroxyl groups is 1. The van der Waals surface area contributed by atoms with E-state index in [-0.39, 0.29) is 23.2 Å². The highest BCUT2D eigenvalue weighted by Gasteiger charge is 2.28. The third-order valence-corrected chi connectivity index (χ3v) is 4.59. The van der Waals surface area contributed by atoms with Gasteiger partial charge in [0.25, 0.3) is 0 Å². The minimum Gasteiger partial charge on any atom is -0.507 e. The van der Waals surface area contributed by atoms with Crippen LogP contribution in [-0.4, -0.2) is 23.7 Å². The maximum absolute atomic E-state index is 12.8. The van der Waals surface area contributed by atoms with Crippen molar-refractivity contribution in [3.05, 3.63) is 71.3 Å². The summed E-state index contributed by atoms with van der Waals surface area (Å²) in [5, 5.41) is 10.8. The zero-order valence-electron chi connectivity index (χ0n) is 18.5. The standard InChI is InChI=1S/C25H30O5/c1-8-13-29-22(27)16-9-11-18(12-10-16)30-23(28)17-14-19(24(2,3)4)21(26)20(15-17)25(5,6)7/h8-12,14-15,26H,1,13H2,2-7H3. The lowest BCUT2D eigenvalue weighted by Gasteiger charge is -2.27. The van der Waals surface area contributed by atoms with Crippen molar-refractivity contribution >= 4 is 11.9 Å². The van der Waals surface area contributed by atoms with Crippen molar-refractivity contribution in [3.63, 3.8) is 0 Å². The molecule has 0 saturated carbocycles. The lowest BCUT2D eigenvalue weighted by Crippen LogP contribution is -2.20. The SMILES string of the molecule is C=CCOC(=O)c1ccc(OC(=O)c2cc(C(C)(C)C)c(O)c(C(C)(C)C)c2)cc1. The fourth-order valence-corrected chi connectivity index (χ4v) is 2.94. The normalized spacial score (nSPS) is 11.7. The highest BCUT2D eigenvalue weighted by molar-refractivity contribution is 5.93. The second-order valence-electron chi connectivity index (χ2n) is 9.22. The predicted octanol–water partition coefficient (Wildman–Crippen LogP) is 5.55. The monoisotopic (exact) mass is 410 g/mol. The van der Waals surface area contributed by atoms with Crippen molar-refractivity contribution in [2.24, 2.45) is 0 Å². The molecule has 0 amide bonds. The number of rotatable bonds is 5. The van der Waals surface area contributed by atoms with E-state index in [0.717, 1.165) is 0 Å². The van der Waals surface area contributed by atoms with Crippen LogP contribution in [0.1, 0.15) is 73.4 Å². The van der Waals surface area contributed by atoms with Crippen LogP contribution >= 0.6 is 0 Å². The van der Waals surface area contributed by atoms with E-state index in [1.54, 1.807) is 12.1 Å². The molecule has 5 nitrogen and oxygen atoms in total. The van der Waals surface area contributed by atoms with Gasteiger partial charge in [0.2, 0.25) is 0 Å². The molecule has 0 aliphatic carbocycles. The minimum atomic E-state index is -0.534. The van der Waals surface area contributed by atoms with Gasteiger partial charge in [-0.2, -0.15) is 0 Å². The van der Waals surface area contributed by atoms with Crippen LogP contribution in [0.4, 0.5) is 0 Å². The number of phenols is 1. The Bertz CT molecular complexity index is 906. The highest BCUT2D eigenvalue weighted by Crippen LogP contribution is 2.40. The third-order valence-electron chi connectivity index (χ3n) is 4.59. The van der Waals surface area contributed by atoms with E-state index in [2.05, 4.69) is 6.58 Å². The summed E-state index contributed by atoms with van der Waals surface area (Å²) in [6, 6.07) is 9.50. The lowest BCUT2D eigenvalue weighted by atomic mass is 9.78. The number of carbonyl (C=O) groups excluding carboxylic acids is 2. The molecule has 2 rings (SSSR count). The van der Waals surface area contributed by atoms with Crippen LogP contribution in [-0.2, 0) is 15.6 Å². The molecule has 0 radical (unpaired) electrons. The Balaban J connectivity index is 2.32. The molecule has 0 bridgehead atoms. The Labute approximate surface area is 178 Å². The van der Waals surface area contributed by atoms with E-state index in [1.807, 2.05) is 41.5 Å². The number of carbonyl (C=O) groups is 2. The second kappa shape index (κ2) is 8.74. The summed E-state index contributed by atoms with van der Waals surface area (Å²) in [6.45, 7) is 15.5. The van der Waals surface area contributed by atoms with Gasteiger partial charge in [-0.3, -0.25) is 0 Å². The van der Waals surface area contributed by atoms with Crippen LogP contribution in [0.25, 0.3) is 0 Å². The molecule has 0 spiro atoms. The van der Waals surface area contributed by atoms with Crippen molar-refractivity contribution in [1.82, 2.24) is 0 Å². The Morgan fingerprint density at radius 3 is 1.83 bits per heavy atom. The fourth-order valence-electron chi connectivity index (χ4n) is 2.94. The van der Waals surface area contributed by atoms with Crippen molar-refractivity contribution in [3.8, 4) is 11.5 Å². The number of phenolic OH excluding ortho intramolecular Hbond substituents is 1. The Kier molecular flexibility index (Phi) is 6.76. The zero-order chi connectivity index (χ0) is 22.7. The number of hydrogen-bond donors (Lipinski definition) is 1. The van der Waals surface area contributed by atoms with Gasteiger partial charge in [-0.05, 0) is 47.2 Å². The Morgan fingerprint density at radius 2 is 1.40 bits per heavy atom. The largest absolute Gasteiger partial charge is 0.507 e. The van der Waals surface area contributed by atoms with Crippen LogP contribution < -0.4 is 4.74 Å². The molecule has 0 heterocycles. The van der Waals surface area contributed by atoms with Gasteiger partial charge >= 0.3 is 11.9 Å². The Morgan fingerprint density at radius 1 is 0.900 bits per heavy atom. The molecule has 0 unspecified atom stereocenters. The summed E-state index contributed by atoms with van der Waals surface area (Å²) in [5.74, 6) is -0.499. The molecule has 1 N–H and O–H groups in total. The van der Waals surface area contributed by atoms with Gasteiger partial charge in [0.15, 0.2) is 0 Å². The average molecular weight is 411 g/mol. The molecular formula is C25H30O5. The van der Waals surface area contributed by atoms with Crippen molar-refractivity contribution in [1.29, 1.82) is 0 Å². The maximum atomic E-state index is 12.8. The number of ether oxygens (including phenoxy) is 2. The van der Waals surface area contributed by atoms with Gasteiger partial charge in [-0.1, -0.05) is 54.2 Å². The first-order chi connectivity index (χ1) is 13.8. The fraction of sp³-hybridized carbons (Fsp3) is 0.360. The van der Waals surface area contributed by atoms with Crippen LogP contribution in [0.5, 0.6) is 11.5 Å². The lowest BCUT2D eigenvalue weighted by molar-refractivity contribution is 0.0549. The molecule has 0 atom stereocenters. The number of benzene rings is 2. The van der Waals surface area contributed by atoms with Gasteiger partial charge in [0.05, 0.1) is 11.1 Å². The third kappa shape index (κ3) is 5.50. The van der Waals surface area contributed by atoms with E-state index in [1.165, 1.54) is 30.3 Å². The molecular weight excluding hydrogens is 380 g/mol. The van der Waals surface area contributed by atoms with Crippen molar-refractivity contribution < 1.29 is 24.2 Å².